The summed E-state index contributed by atoms with van der Waals surface area (Å²) in [6.07, 6.45) is 2.83. The van der Waals surface area contributed by atoms with E-state index in [0.717, 1.165) is 24.1 Å². The lowest BCUT2D eigenvalue weighted by Crippen LogP contribution is -2.42. The molecule has 2 aromatic rings. The topological polar surface area (TPSA) is 102 Å². The molecular formula is C20H28N6O3. The molecule has 0 atom stereocenters. The van der Waals surface area contributed by atoms with Crippen LogP contribution in [0.15, 0.2) is 24.5 Å². The van der Waals surface area contributed by atoms with Gasteiger partial charge in [-0.25, -0.2) is 9.48 Å². The summed E-state index contributed by atoms with van der Waals surface area (Å²) < 4.78 is 6.84. The number of carbonyl (C=O) groups is 2. The predicted molar refractivity (Wildman–Crippen MR) is 107 cm³/mol. The number of hydrogen-bond acceptors (Lipinski definition) is 6. The number of rotatable bonds is 4. The second kappa shape index (κ2) is 8.59. The number of aromatic nitrogens is 4. The van der Waals surface area contributed by atoms with Crippen LogP contribution in [0, 0.1) is 12.8 Å². The van der Waals surface area contributed by atoms with Crippen molar-refractivity contribution in [3.05, 3.63) is 35.7 Å². The number of nitrogens with one attached hydrogen (secondary N) is 1. The molecule has 0 spiro atoms. The molecule has 1 aliphatic rings. The SMILES string of the molecule is Cc1cc(C(=O)N2CCC(CNC(=O)OC(C)(C)C)CC2)ccc1-n1cnnn1. The van der Waals surface area contributed by atoms with Crippen LogP contribution < -0.4 is 5.32 Å². The molecule has 2 heterocycles. The molecule has 29 heavy (non-hydrogen) atoms. The first-order valence-electron chi connectivity index (χ1n) is 9.83. The molecule has 1 aliphatic heterocycles. The van der Waals surface area contributed by atoms with Crippen LogP contribution in [0.2, 0.25) is 0 Å². The van der Waals surface area contributed by atoms with Crippen molar-refractivity contribution in [2.45, 2.75) is 46.1 Å². The fraction of sp³-hybridized carbons (Fsp3) is 0.550. The minimum atomic E-state index is -0.502. The van der Waals surface area contributed by atoms with Gasteiger partial charge in [-0.1, -0.05) is 0 Å². The molecule has 0 radical (unpaired) electrons. The number of ether oxygens (including phenoxy) is 1. The van der Waals surface area contributed by atoms with Gasteiger partial charge >= 0.3 is 6.09 Å². The number of aryl methyl sites for hydroxylation is 1. The van der Waals surface area contributed by atoms with E-state index in [1.807, 2.05) is 50.8 Å². The number of nitrogens with zero attached hydrogens (tertiary/aromatic N) is 5. The van der Waals surface area contributed by atoms with Crippen molar-refractivity contribution in [2.24, 2.45) is 5.92 Å². The summed E-state index contributed by atoms with van der Waals surface area (Å²) >= 11 is 0. The van der Waals surface area contributed by atoms with Crippen LogP contribution in [0.25, 0.3) is 5.69 Å². The predicted octanol–water partition coefficient (Wildman–Crippen LogP) is 2.35. The quantitative estimate of drug-likeness (QED) is 0.845. The van der Waals surface area contributed by atoms with E-state index in [1.165, 1.54) is 6.33 Å². The summed E-state index contributed by atoms with van der Waals surface area (Å²) in [4.78, 5) is 26.5. The van der Waals surface area contributed by atoms with Crippen LogP contribution in [-0.2, 0) is 4.74 Å². The van der Waals surface area contributed by atoms with Gasteiger partial charge in [0.15, 0.2) is 0 Å². The molecule has 3 rings (SSSR count). The molecule has 0 unspecified atom stereocenters. The summed E-state index contributed by atoms with van der Waals surface area (Å²) in [7, 11) is 0. The zero-order chi connectivity index (χ0) is 21.0. The van der Waals surface area contributed by atoms with Crippen LogP contribution in [-0.4, -0.2) is 62.3 Å². The molecule has 2 amide bonds. The molecule has 1 aromatic carbocycles. The van der Waals surface area contributed by atoms with Gasteiger partial charge in [-0.05, 0) is 80.6 Å². The molecule has 1 N–H and O–H groups in total. The van der Waals surface area contributed by atoms with Gasteiger partial charge < -0.3 is 15.0 Å². The molecule has 156 valence electrons. The summed E-state index contributed by atoms with van der Waals surface area (Å²) in [6, 6.07) is 5.54. The van der Waals surface area contributed by atoms with Gasteiger partial charge in [0.2, 0.25) is 0 Å². The Hall–Kier alpha value is -2.97. The van der Waals surface area contributed by atoms with Gasteiger partial charge in [0.05, 0.1) is 5.69 Å². The summed E-state index contributed by atoms with van der Waals surface area (Å²) in [5.41, 5.74) is 1.93. The zero-order valence-electron chi connectivity index (χ0n) is 17.4. The van der Waals surface area contributed by atoms with E-state index >= 15 is 0 Å². The normalized spacial score (nSPS) is 15.2. The van der Waals surface area contributed by atoms with Crippen molar-refractivity contribution < 1.29 is 14.3 Å². The van der Waals surface area contributed by atoms with E-state index in [0.29, 0.717) is 31.1 Å². The van der Waals surface area contributed by atoms with E-state index in [-0.39, 0.29) is 5.91 Å². The number of hydrogen-bond donors (Lipinski definition) is 1. The Balaban J connectivity index is 1.51. The number of alkyl carbamates (subject to hydrolysis) is 1. The Morgan fingerprint density at radius 3 is 2.55 bits per heavy atom. The van der Waals surface area contributed by atoms with Crippen LogP contribution >= 0.6 is 0 Å². The molecule has 9 heteroatoms. The second-order valence-corrected chi connectivity index (χ2v) is 8.37. The Kier molecular flexibility index (Phi) is 6.14. The van der Waals surface area contributed by atoms with Crippen LogP contribution in [0.5, 0.6) is 0 Å². The van der Waals surface area contributed by atoms with Crippen LogP contribution in [0.3, 0.4) is 0 Å². The van der Waals surface area contributed by atoms with Gasteiger partial charge in [-0.3, -0.25) is 4.79 Å². The average Bonchev–Trinajstić information content (AvgIpc) is 3.19. The van der Waals surface area contributed by atoms with E-state index < -0.39 is 11.7 Å². The van der Waals surface area contributed by atoms with Crippen molar-refractivity contribution in [3.8, 4) is 5.69 Å². The highest BCUT2D eigenvalue weighted by atomic mass is 16.6. The third-order valence-electron chi connectivity index (χ3n) is 4.88. The molecular weight excluding hydrogens is 372 g/mol. The first-order valence-corrected chi connectivity index (χ1v) is 9.83. The molecule has 1 aromatic heterocycles. The van der Waals surface area contributed by atoms with Gasteiger partial charge in [-0.2, -0.15) is 0 Å². The second-order valence-electron chi connectivity index (χ2n) is 8.37. The van der Waals surface area contributed by atoms with Crippen LogP contribution in [0.4, 0.5) is 4.79 Å². The highest BCUT2D eigenvalue weighted by Gasteiger charge is 2.25. The Labute approximate surface area is 170 Å². The Morgan fingerprint density at radius 2 is 1.97 bits per heavy atom. The highest BCUT2D eigenvalue weighted by molar-refractivity contribution is 5.94. The minimum Gasteiger partial charge on any atom is -0.444 e. The van der Waals surface area contributed by atoms with Gasteiger partial charge in [0, 0.05) is 25.2 Å². The lowest BCUT2D eigenvalue weighted by atomic mass is 9.96. The monoisotopic (exact) mass is 400 g/mol. The van der Waals surface area contributed by atoms with Crippen molar-refractivity contribution >= 4 is 12.0 Å². The van der Waals surface area contributed by atoms with E-state index in [1.54, 1.807) is 4.68 Å². The van der Waals surface area contributed by atoms with Crippen molar-refractivity contribution in [1.29, 1.82) is 0 Å². The molecule has 9 nitrogen and oxygen atoms in total. The minimum absolute atomic E-state index is 0.0231. The van der Waals surface area contributed by atoms with E-state index in [9.17, 15) is 9.59 Å². The third kappa shape index (κ3) is 5.52. The fourth-order valence-corrected chi connectivity index (χ4v) is 3.38. The number of piperidine rings is 1. The summed E-state index contributed by atoms with van der Waals surface area (Å²) in [6.45, 7) is 9.37. The molecule has 0 bridgehead atoms. The van der Waals surface area contributed by atoms with Gasteiger partial charge in [0.1, 0.15) is 11.9 Å². The standard InChI is InChI=1S/C20H28N6O3/c1-14-11-16(5-6-17(14)26-13-22-23-24-26)18(27)25-9-7-15(8-10-25)12-21-19(28)29-20(2,3)4/h5-6,11,13,15H,7-10,12H2,1-4H3,(H,21,28). The third-order valence-corrected chi connectivity index (χ3v) is 4.88. The van der Waals surface area contributed by atoms with E-state index in [4.69, 9.17) is 4.74 Å². The molecule has 1 saturated heterocycles. The summed E-state index contributed by atoms with van der Waals surface area (Å²) in [5.74, 6) is 0.366. The number of likely N-dealkylation sites (tertiary alicyclic amines) is 1. The molecule has 1 fully saturated rings. The van der Waals surface area contributed by atoms with Gasteiger partial charge in [0.25, 0.3) is 5.91 Å². The number of carbonyl (C=O) groups excluding carboxylic acids is 2. The zero-order valence-corrected chi connectivity index (χ0v) is 17.4. The maximum Gasteiger partial charge on any atom is 0.407 e. The van der Waals surface area contributed by atoms with Crippen LogP contribution in [0.1, 0.15) is 49.5 Å². The Bertz CT molecular complexity index is 852. The van der Waals surface area contributed by atoms with Crippen molar-refractivity contribution in [3.63, 3.8) is 0 Å². The van der Waals surface area contributed by atoms with Gasteiger partial charge in [-0.15, -0.1) is 5.10 Å². The Morgan fingerprint density at radius 1 is 1.24 bits per heavy atom. The maximum atomic E-state index is 12.9. The maximum absolute atomic E-state index is 12.9. The lowest BCUT2D eigenvalue weighted by molar-refractivity contribution is 0.0500. The number of amides is 2. The first kappa shape index (κ1) is 20.8. The first-order chi connectivity index (χ1) is 13.7. The molecule has 0 aliphatic carbocycles. The summed E-state index contributed by atoms with van der Waals surface area (Å²) in [5, 5.41) is 14.0. The van der Waals surface area contributed by atoms with E-state index in [2.05, 4.69) is 20.8 Å². The largest absolute Gasteiger partial charge is 0.444 e. The molecule has 0 saturated carbocycles. The average molecular weight is 400 g/mol. The van der Waals surface area contributed by atoms with Crippen molar-refractivity contribution in [1.82, 2.24) is 30.4 Å². The smallest absolute Gasteiger partial charge is 0.407 e. The van der Waals surface area contributed by atoms with Crippen molar-refractivity contribution in [2.75, 3.05) is 19.6 Å². The highest BCUT2D eigenvalue weighted by Crippen LogP contribution is 2.21. The number of tetrazole rings is 1. The fourth-order valence-electron chi connectivity index (χ4n) is 3.38. The number of benzene rings is 1. The lowest BCUT2D eigenvalue weighted by Gasteiger charge is -2.32.